The summed E-state index contributed by atoms with van der Waals surface area (Å²) in [7, 11) is 0. The molecule has 2 rings (SSSR count). The van der Waals surface area contributed by atoms with Gasteiger partial charge in [-0.25, -0.2) is 13.6 Å². The first kappa shape index (κ1) is 21.5. The summed E-state index contributed by atoms with van der Waals surface area (Å²) in [6, 6.07) is 1.25. The highest BCUT2D eigenvalue weighted by molar-refractivity contribution is 5.98. The summed E-state index contributed by atoms with van der Waals surface area (Å²) in [5.41, 5.74) is -0.541. The van der Waals surface area contributed by atoms with Gasteiger partial charge in [0.1, 0.15) is 11.3 Å². The first-order valence-electron chi connectivity index (χ1n) is 8.78. The number of anilines is 1. The molecule has 9 heteroatoms. The number of aldehydes is 1. The van der Waals surface area contributed by atoms with Crippen LogP contribution in [0.1, 0.15) is 68.8 Å². The third-order valence-electron chi connectivity index (χ3n) is 3.85. The molecule has 2 aromatic rings. The van der Waals surface area contributed by atoms with Crippen molar-refractivity contribution in [2.45, 2.75) is 59.6 Å². The molecule has 0 saturated carbocycles. The van der Waals surface area contributed by atoms with Crippen molar-refractivity contribution in [3.05, 3.63) is 29.2 Å². The van der Waals surface area contributed by atoms with E-state index in [0.717, 1.165) is 0 Å². The SMILES string of the molecule is Cc1c(-c2nccc(NC(=O)OC(C)(C)C)c2C=O)c(C(F)F)nn1C(C)C. The Morgan fingerprint density at radius 3 is 2.46 bits per heavy atom. The molecule has 2 heterocycles. The van der Waals surface area contributed by atoms with Crippen LogP contribution in [-0.2, 0) is 4.74 Å². The van der Waals surface area contributed by atoms with E-state index in [1.807, 2.05) is 13.8 Å². The summed E-state index contributed by atoms with van der Waals surface area (Å²) in [6.45, 7) is 10.4. The number of alkyl halides is 2. The number of carbonyl (C=O) groups is 2. The van der Waals surface area contributed by atoms with Crippen molar-refractivity contribution in [3.8, 4) is 11.3 Å². The van der Waals surface area contributed by atoms with Crippen LogP contribution in [0.15, 0.2) is 12.3 Å². The van der Waals surface area contributed by atoms with Gasteiger partial charge in [-0.15, -0.1) is 0 Å². The Labute approximate surface area is 162 Å². The maximum absolute atomic E-state index is 13.6. The summed E-state index contributed by atoms with van der Waals surface area (Å²) >= 11 is 0. The Morgan fingerprint density at radius 1 is 1.32 bits per heavy atom. The van der Waals surface area contributed by atoms with Gasteiger partial charge >= 0.3 is 6.09 Å². The minimum atomic E-state index is -2.85. The second-order valence-electron chi connectivity index (χ2n) is 7.55. The Kier molecular flexibility index (Phi) is 6.16. The van der Waals surface area contributed by atoms with E-state index in [0.29, 0.717) is 12.0 Å². The topological polar surface area (TPSA) is 86.1 Å². The highest BCUT2D eigenvalue weighted by Gasteiger charge is 2.28. The van der Waals surface area contributed by atoms with Crippen LogP contribution in [0.3, 0.4) is 0 Å². The van der Waals surface area contributed by atoms with E-state index in [1.54, 1.807) is 27.7 Å². The normalized spacial score (nSPS) is 11.8. The molecule has 0 radical (unpaired) electrons. The lowest BCUT2D eigenvalue weighted by Crippen LogP contribution is -2.27. The van der Waals surface area contributed by atoms with Gasteiger partial charge in [0, 0.05) is 17.9 Å². The molecule has 0 atom stereocenters. The second-order valence-corrected chi connectivity index (χ2v) is 7.55. The van der Waals surface area contributed by atoms with Crippen LogP contribution in [0.4, 0.5) is 19.3 Å². The number of carbonyl (C=O) groups excluding carboxylic acids is 2. The Hall–Kier alpha value is -2.84. The number of pyridine rings is 1. The number of nitrogens with one attached hydrogen (secondary N) is 1. The number of aromatic nitrogens is 3. The van der Waals surface area contributed by atoms with E-state index in [4.69, 9.17) is 4.74 Å². The van der Waals surface area contributed by atoms with Crippen molar-refractivity contribution < 1.29 is 23.1 Å². The van der Waals surface area contributed by atoms with Crippen molar-refractivity contribution in [1.82, 2.24) is 14.8 Å². The van der Waals surface area contributed by atoms with E-state index in [-0.39, 0.29) is 28.6 Å². The largest absolute Gasteiger partial charge is 0.444 e. The molecule has 0 aliphatic heterocycles. The molecule has 0 saturated heterocycles. The zero-order valence-electron chi connectivity index (χ0n) is 16.7. The average Bonchev–Trinajstić information content (AvgIpc) is 2.90. The lowest BCUT2D eigenvalue weighted by molar-refractivity contribution is 0.0636. The standard InChI is InChI=1S/C19H24F2N4O3/c1-10(2)25-11(3)14(16(24-25)17(20)21)15-12(9-26)13(7-8-22-15)23-18(27)28-19(4,5)6/h7-10,17H,1-6H3,(H,22,23,27). The average molecular weight is 394 g/mol. The van der Waals surface area contributed by atoms with Crippen LogP contribution in [0.2, 0.25) is 0 Å². The van der Waals surface area contributed by atoms with E-state index in [1.165, 1.54) is 16.9 Å². The van der Waals surface area contributed by atoms with E-state index < -0.39 is 23.8 Å². The van der Waals surface area contributed by atoms with E-state index in [2.05, 4.69) is 15.4 Å². The highest BCUT2D eigenvalue weighted by Crippen LogP contribution is 2.36. The first-order chi connectivity index (χ1) is 13.0. The molecule has 0 aliphatic rings. The summed E-state index contributed by atoms with van der Waals surface area (Å²) in [6.07, 6.45) is -1.82. The van der Waals surface area contributed by atoms with Crippen LogP contribution in [0.25, 0.3) is 11.3 Å². The fourth-order valence-corrected chi connectivity index (χ4v) is 2.80. The Bertz CT molecular complexity index is 886. The van der Waals surface area contributed by atoms with E-state index >= 15 is 0 Å². The molecule has 0 aliphatic carbocycles. The summed E-state index contributed by atoms with van der Waals surface area (Å²) in [4.78, 5) is 28.0. The highest BCUT2D eigenvalue weighted by atomic mass is 19.3. The lowest BCUT2D eigenvalue weighted by Gasteiger charge is -2.20. The monoisotopic (exact) mass is 394 g/mol. The smallest absolute Gasteiger partial charge is 0.412 e. The molecule has 2 aromatic heterocycles. The predicted molar refractivity (Wildman–Crippen MR) is 101 cm³/mol. The van der Waals surface area contributed by atoms with Crippen LogP contribution in [-0.4, -0.2) is 32.7 Å². The van der Waals surface area contributed by atoms with Crippen molar-refractivity contribution in [1.29, 1.82) is 0 Å². The number of rotatable bonds is 5. The number of hydrogen-bond donors (Lipinski definition) is 1. The third kappa shape index (κ3) is 4.52. The number of ether oxygens (including phenoxy) is 1. The molecular weight excluding hydrogens is 370 g/mol. The molecule has 0 spiro atoms. The molecule has 28 heavy (non-hydrogen) atoms. The van der Waals surface area contributed by atoms with Crippen LogP contribution >= 0.6 is 0 Å². The van der Waals surface area contributed by atoms with Crippen molar-refractivity contribution in [2.75, 3.05) is 5.32 Å². The minimum absolute atomic E-state index is 0.0262. The van der Waals surface area contributed by atoms with Gasteiger partial charge < -0.3 is 4.74 Å². The zero-order chi connectivity index (χ0) is 21.2. The molecule has 0 fully saturated rings. The number of halogens is 2. The molecule has 7 nitrogen and oxygen atoms in total. The fraction of sp³-hybridized carbons (Fsp3) is 0.474. The molecule has 0 unspecified atom stereocenters. The quantitative estimate of drug-likeness (QED) is 0.727. The van der Waals surface area contributed by atoms with Gasteiger partial charge in [0.25, 0.3) is 6.43 Å². The lowest BCUT2D eigenvalue weighted by atomic mass is 10.0. The van der Waals surface area contributed by atoms with Gasteiger partial charge in [-0.05, 0) is 47.6 Å². The van der Waals surface area contributed by atoms with Gasteiger partial charge in [0.15, 0.2) is 6.29 Å². The predicted octanol–water partition coefficient (Wildman–Crippen LogP) is 4.93. The van der Waals surface area contributed by atoms with Crippen molar-refractivity contribution >= 4 is 18.1 Å². The first-order valence-corrected chi connectivity index (χ1v) is 8.78. The van der Waals surface area contributed by atoms with Gasteiger partial charge in [-0.2, -0.15) is 5.10 Å². The van der Waals surface area contributed by atoms with Gasteiger partial charge in [0.05, 0.1) is 22.5 Å². The van der Waals surface area contributed by atoms with Crippen LogP contribution in [0, 0.1) is 6.92 Å². The summed E-state index contributed by atoms with van der Waals surface area (Å²) in [5, 5.41) is 6.48. The third-order valence-corrected chi connectivity index (χ3v) is 3.85. The van der Waals surface area contributed by atoms with Crippen molar-refractivity contribution in [3.63, 3.8) is 0 Å². The molecular formula is C19H24F2N4O3. The van der Waals surface area contributed by atoms with Crippen molar-refractivity contribution in [2.24, 2.45) is 0 Å². The Balaban J connectivity index is 2.59. The molecule has 1 amide bonds. The molecule has 0 bridgehead atoms. The van der Waals surface area contributed by atoms with Crippen LogP contribution < -0.4 is 5.32 Å². The summed E-state index contributed by atoms with van der Waals surface area (Å²) in [5.74, 6) is 0. The maximum Gasteiger partial charge on any atom is 0.412 e. The summed E-state index contributed by atoms with van der Waals surface area (Å²) < 4.78 is 33.9. The molecule has 1 N–H and O–H groups in total. The second kappa shape index (κ2) is 8.04. The number of amides is 1. The van der Waals surface area contributed by atoms with Gasteiger partial charge in [-0.1, -0.05) is 0 Å². The zero-order valence-corrected chi connectivity index (χ0v) is 16.7. The van der Waals surface area contributed by atoms with E-state index in [9.17, 15) is 18.4 Å². The molecule has 0 aromatic carbocycles. The maximum atomic E-state index is 13.6. The van der Waals surface area contributed by atoms with Crippen LogP contribution in [0.5, 0.6) is 0 Å². The van der Waals surface area contributed by atoms with Gasteiger partial charge in [0.2, 0.25) is 0 Å². The Morgan fingerprint density at radius 2 is 1.96 bits per heavy atom. The number of nitrogens with zero attached hydrogens (tertiary/aromatic N) is 3. The number of hydrogen-bond acceptors (Lipinski definition) is 5. The minimum Gasteiger partial charge on any atom is -0.444 e. The molecule has 152 valence electrons. The fourth-order valence-electron chi connectivity index (χ4n) is 2.80. The van der Waals surface area contributed by atoms with Gasteiger partial charge in [-0.3, -0.25) is 19.8 Å².